The van der Waals surface area contributed by atoms with Crippen LogP contribution in [0.4, 0.5) is 10.1 Å². The summed E-state index contributed by atoms with van der Waals surface area (Å²) in [6, 6.07) is 2.72. The van der Waals surface area contributed by atoms with E-state index in [1.807, 2.05) is 0 Å². The first-order chi connectivity index (χ1) is 8.26. The maximum Gasteiger partial charge on any atom is 0.285 e. The molecule has 0 spiro atoms. The largest absolute Gasteiger partial charge is 0.336 e. The lowest BCUT2D eigenvalue weighted by molar-refractivity contribution is -0.385. The molecule has 0 aliphatic rings. The van der Waals surface area contributed by atoms with Gasteiger partial charge in [0.05, 0.1) is 16.5 Å². The third-order valence-electron chi connectivity index (χ3n) is 2.19. The lowest BCUT2D eigenvalue weighted by Gasteiger charge is -2.19. The molecule has 0 aromatic heterocycles. The molecule has 0 radical (unpaired) electrons. The highest BCUT2D eigenvalue weighted by Crippen LogP contribution is 2.20. The fourth-order valence-electron chi connectivity index (χ4n) is 1.24. The van der Waals surface area contributed by atoms with Gasteiger partial charge in [-0.05, 0) is 26.0 Å². The van der Waals surface area contributed by atoms with Gasteiger partial charge in [-0.3, -0.25) is 14.9 Å². The van der Waals surface area contributed by atoms with E-state index < -0.39 is 27.9 Å². The minimum absolute atomic E-state index is 0.232. The van der Waals surface area contributed by atoms with Gasteiger partial charge in [0.25, 0.3) is 11.6 Å². The third kappa shape index (κ3) is 3.04. The van der Waals surface area contributed by atoms with E-state index in [0.717, 1.165) is 12.1 Å². The van der Waals surface area contributed by atoms with Crippen molar-refractivity contribution in [2.75, 3.05) is 0 Å². The molecule has 0 aliphatic heterocycles. The average Bonchev–Trinajstić information content (AvgIpc) is 2.28. The van der Waals surface area contributed by atoms with Crippen LogP contribution in [0.15, 0.2) is 18.2 Å². The minimum atomic E-state index is -0.945. The number of terminal acetylenes is 1. The second kappa shape index (κ2) is 4.84. The summed E-state index contributed by atoms with van der Waals surface area (Å²) in [5, 5.41) is 13.2. The maximum atomic E-state index is 12.9. The van der Waals surface area contributed by atoms with Gasteiger partial charge in [0.15, 0.2) is 0 Å². The molecule has 0 unspecified atom stereocenters. The third-order valence-corrected chi connectivity index (χ3v) is 2.19. The second-order valence-corrected chi connectivity index (χ2v) is 4.14. The Morgan fingerprint density at radius 3 is 2.67 bits per heavy atom. The van der Waals surface area contributed by atoms with Crippen LogP contribution in [-0.2, 0) is 0 Å². The fourth-order valence-corrected chi connectivity index (χ4v) is 1.24. The number of nitrogens with zero attached hydrogens (tertiary/aromatic N) is 1. The van der Waals surface area contributed by atoms with Crippen molar-refractivity contribution < 1.29 is 14.1 Å². The molecule has 94 valence electrons. The molecule has 5 nitrogen and oxygen atoms in total. The van der Waals surface area contributed by atoms with Crippen molar-refractivity contribution in [1.29, 1.82) is 0 Å². The van der Waals surface area contributed by atoms with Gasteiger partial charge in [-0.2, -0.15) is 0 Å². The van der Waals surface area contributed by atoms with Crippen LogP contribution >= 0.6 is 0 Å². The van der Waals surface area contributed by atoms with E-state index in [0.29, 0.717) is 6.07 Å². The van der Waals surface area contributed by atoms with E-state index >= 15 is 0 Å². The highest BCUT2D eigenvalue weighted by Gasteiger charge is 2.25. The van der Waals surface area contributed by atoms with Gasteiger partial charge in [0.1, 0.15) is 11.4 Å². The number of halogens is 1. The van der Waals surface area contributed by atoms with Crippen LogP contribution in [0.2, 0.25) is 0 Å². The van der Waals surface area contributed by atoms with Crippen molar-refractivity contribution in [3.8, 4) is 12.3 Å². The Balaban J connectivity index is 3.15. The first kappa shape index (κ1) is 13.6. The van der Waals surface area contributed by atoms with Gasteiger partial charge in [0, 0.05) is 0 Å². The van der Waals surface area contributed by atoms with Crippen molar-refractivity contribution in [3.05, 3.63) is 39.7 Å². The Kier molecular flexibility index (Phi) is 3.67. The van der Waals surface area contributed by atoms with Gasteiger partial charge < -0.3 is 5.32 Å². The van der Waals surface area contributed by atoms with Crippen molar-refractivity contribution in [3.63, 3.8) is 0 Å². The predicted octanol–water partition coefficient (Wildman–Crippen LogP) is 1.88. The Morgan fingerprint density at radius 1 is 1.56 bits per heavy atom. The second-order valence-electron chi connectivity index (χ2n) is 4.14. The van der Waals surface area contributed by atoms with Gasteiger partial charge in [-0.15, -0.1) is 6.42 Å². The van der Waals surface area contributed by atoms with Crippen LogP contribution in [0, 0.1) is 28.3 Å². The van der Waals surface area contributed by atoms with Crippen molar-refractivity contribution in [2.45, 2.75) is 19.4 Å². The Hall–Kier alpha value is -2.42. The highest BCUT2D eigenvalue weighted by atomic mass is 19.1. The summed E-state index contributed by atoms with van der Waals surface area (Å²) >= 11 is 0. The molecule has 0 aliphatic carbocycles. The van der Waals surface area contributed by atoms with Crippen molar-refractivity contribution >= 4 is 11.6 Å². The Morgan fingerprint density at radius 2 is 2.17 bits per heavy atom. The molecule has 0 bridgehead atoms. The summed E-state index contributed by atoms with van der Waals surface area (Å²) in [7, 11) is 0. The van der Waals surface area contributed by atoms with E-state index in [1.54, 1.807) is 13.8 Å². The van der Waals surface area contributed by atoms with Gasteiger partial charge in [-0.25, -0.2) is 4.39 Å². The van der Waals surface area contributed by atoms with Crippen LogP contribution in [-0.4, -0.2) is 16.4 Å². The normalized spacial score (nSPS) is 10.6. The lowest BCUT2D eigenvalue weighted by Crippen LogP contribution is -2.42. The summed E-state index contributed by atoms with van der Waals surface area (Å²) in [5.74, 6) is 0.825. The first-order valence-corrected chi connectivity index (χ1v) is 5.01. The van der Waals surface area contributed by atoms with Crippen molar-refractivity contribution in [2.24, 2.45) is 0 Å². The first-order valence-electron chi connectivity index (χ1n) is 5.01. The molecule has 0 saturated carbocycles. The van der Waals surface area contributed by atoms with E-state index in [2.05, 4.69) is 11.2 Å². The Labute approximate surface area is 103 Å². The van der Waals surface area contributed by atoms with E-state index in [1.165, 1.54) is 0 Å². The number of carbonyl (C=O) groups is 1. The SMILES string of the molecule is C#CC(C)(C)NC(=O)c1ccc(F)cc1[N+](=O)[O-]. The van der Waals surface area contributed by atoms with Gasteiger partial charge >= 0.3 is 0 Å². The molecule has 1 N–H and O–H groups in total. The number of benzene rings is 1. The number of nitro groups is 1. The van der Waals surface area contributed by atoms with Gasteiger partial charge in [0.2, 0.25) is 0 Å². The Bertz CT molecular complexity index is 547. The minimum Gasteiger partial charge on any atom is -0.336 e. The monoisotopic (exact) mass is 250 g/mol. The summed E-state index contributed by atoms with van der Waals surface area (Å²) < 4.78 is 12.9. The summed E-state index contributed by atoms with van der Waals surface area (Å²) in [6.45, 7) is 3.14. The average molecular weight is 250 g/mol. The number of nitrogens with one attached hydrogen (secondary N) is 1. The smallest absolute Gasteiger partial charge is 0.285 e. The number of hydrogen-bond acceptors (Lipinski definition) is 3. The summed E-state index contributed by atoms with van der Waals surface area (Å²) in [6.07, 6.45) is 5.20. The zero-order chi connectivity index (χ0) is 13.9. The molecule has 18 heavy (non-hydrogen) atoms. The zero-order valence-electron chi connectivity index (χ0n) is 9.86. The zero-order valence-corrected chi connectivity index (χ0v) is 9.86. The van der Waals surface area contributed by atoms with E-state index in [-0.39, 0.29) is 5.56 Å². The van der Waals surface area contributed by atoms with Gasteiger partial charge in [-0.1, -0.05) is 5.92 Å². The molecular formula is C12H11FN2O3. The van der Waals surface area contributed by atoms with Crippen molar-refractivity contribution in [1.82, 2.24) is 5.32 Å². The molecule has 0 heterocycles. The molecule has 1 aromatic carbocycles. The quantitative estimate of drug-likeness (QED) is 0.505. The molecule has 6 heteroatoms. The molecule has 1 aromatic rings. The van der Waals surface area contributed by atoms with Crippen LogP contribution < -0.4 is 5.32 Å². The van der Waals surface area contributed by atoms with E-state index in [9.17, 15) is 19.3 Å². The molecule has 0 fully saturated rings. The number of nitro benzene ring substituents is 1. The molecule has 1 amide bonds. The van der Waals surface area contributed by atoms with E-state index in [4.69, 9.17) is 6.42 Å². The predicted molar refractivity (Wildman–Crippen MR) is 63.4 cm³/mol. The number of carbonyl (C=O) groups excluding carboxylic acids is 1. The van der Waals surface area contributed by atoms with Crippen LogP contribution in [0.25, 0.3) is 0 Å². The molecular weight excluding hydrogens is 239 g/mol. The fraction of sp³-hybridized carbons (Fsp3) is 0.250. The molecule has 0 atom stereocenters. The van der Waals surface area contributed by atoms with Crippen LogP contribution in [0.5, 0.6) is 0 Å². The lowest BCUT2D eigenvalue weighted by atomic mass is 10.1. The van der Waals surface area contributed by atoms with Crippen LogP contribution in [0.1, 0.15) is 24.2 Å². The number of amides is 1. The number of hydrogen-bond donors (Lipinski definition) is 1. The topological polar surface area (TPSA) is 72.2 Å². The maximum absolute atomic E-state index is 12.9. The summed E-state index contributed by atoms with van der Waals surface area (Å²) in [4.78, 5) is 21.7. The highest BCUT2D eigenvalue weighted by molar-refractivity contribution is 5.98. The summed E-state index contributed by atoms with van der Waals surface area (Å²) in [5.41, 5.74) is -1.77. The number of rotatable bonds is 3. The molecule has 1 rings (SSSR count). The molecule has 0 saturated heterocycles. The standard InChI is InChI=1S/C12H11FN2O3/c1-4-12(2,3)14-11(16)9-6-5-8(13)7-10(9)15(17)18/h1,5-7H,2-3H3,(H,14,16). The van der Waals surface area contributed by atoms with Crippen LogP contribution in [0.3, 0.4) is 0 Å².